The molecule has 18 nitrogen and oxygen atoms in total. The maximum Gasteiger partial charge on any atom is 0.320 e. The first kappa shape index (κ1) is 40.1. The van der Waals surface area contributed by atoms with Gasteiger partial charge in [-0.1, -0.05) is 0 Å². The van der Waals surface area contributed by atoms with Crippen molar-refractivity contribution in [1.29, 1.82) is 0 Å². The topological polar surface area (TPSA) is 330 Å². The number of carboxylic acid groups (broad SMARTS) is 4. The molecule has 0 aliphatic rings. The molecule has 3 heterocycles. The highest BCUT2D eigenvalue weighted by Crippen LogP contribution is 2.20. The summed E-state index contributed by atoms with van der Waals surface area (Å²) >= 11 is 8.64. The van der Waals surface area contributed by atoms with Gasteiger partial charge in [0.15, 0.2) is 5.12 Å². The molecule has 44 heavy (non-hydrogen) atoms. The second-order valence-electron chi connectivity index (χ2n) is 8.38. The first-order chi connectivity index (χ1) is 20.6. The van der Waals surface area contributed by atoms with Gasteiger partial charge >= 0.3 is 23.9 Å². The molecule has 3 rings (SSSR count). The first-order valence-corrected chi connectivity index (χ1v) is 14.1. The molecule has 0 spiro atoms. The fourth-order valence-corrected chi connectivity index (χ4v) is 3.62. The Morgan fingerprint density at radius 2 is 1.32 bits per heavy atom. The Balaban J connectivity index is 0.000000584. The minimum absolute atomic E-state index is 0.104. The number of carbonyl (C=O) groups excluding carboxylic acids is 1. The number of nitrogens with zero attached hydrogens (tertiary/aromatic N) is 3. The van der Waals surface area contributed by atoms with Gasteiger partial charge in [-0.25, -0.2) is 15.0 Å². The van der Waals surface area contributed by atoms with Gasteiger partial charge in [0.05, 0.1) is 36.8 Å². The molecule has 0 unspecified atom stereocenters. The number of carboxylic acids is 4. The van der Waals surface area contributed by atoms with E-state index in [1.165, 1.54) is 25.9 Å². The highest BCUT2D eigenvalue weighted by Gasteiger charge is 2.17. The minimum atomic E-state index is -1.08. The molecular weight excluding hydrogens is 643 g/mol. The van der Waals surface area contributed by atoms with E-state index in [0.29, 0.717) is 27.2 Å². The molecule has 0 fully saturated rings. The number of aliphatic carboxylic acids is 4. The van der Waals surface area contributed by atoms with Crippen LogP contribution in [0.3, 0.4) is 0 Å². The average molecular weight is 678 g/mol. The van der Waals surface area contributed by atoms with Gasteiger partial charge in [0, 0.05) is 43.8 Å². The molecular formula is C23H35N9O9S3. The molecule has 244 valence electrons. The third kappa shape index (κ3) is 17.9. The molecule has 0 bridgehead atoms. The van der Waals surface area contributed by atoms with Crippen LogP contribution in [-0.4, -0.2) is 103 Å². The smallest absolute Gasteiger partial charge is 0.320 e. The Morgan fingerprint density at radius 3 is 1.70 bits per heavy atom. The van der Waals surface area contributed by atoms with Crippen molar-refractivity contribution in [3.05, 3.63) is 42.3 Å². The number of aromatic amines is 3. The standard InChI is InChI=1S/C8H11N3O3S.C6H9N3O2S.C6H9N3O2.C3H6O2S/c1-4(12)15-7-6(10-3-11-7)2-5(9)8(13)14;7-3(6(10)11)1-4-5(12)9-2-8-4;7-5(6(10)11)1-4-2-8-3-9-4;4-3(5)1-2-6/h3,5H,2,9H2,1H3,(H,10,11)(H,13,14);2-3,12H,1,7H2,(H,8,9)(H,10,11);2-3,5H,1,7H2,(H,8,9)(H,10,11);6H,1-2H2,(H,4,5)/t5-;3-;5-;/m000./s1. The Bertz CT molecular complexity index is 1320. The summed E-state index contributed by atoms with van der Waals surface area (Å²) in [5.41, 5.74) is 17.9. The lowest BCUT2D eigenvalue weighted by Crippen LogP contribution is -2.32. The van der Waals surface area contributed by atoms with Gasteiger partial charge in [-0.05, 0) is 11.8 Å². The molecule has 3 aromatic heterocycles. The molecule has 0 aliphatic heterocycles. The fourth-order valence-electron chi connectivity index (χ4n) is 2.57. The summed E-state index contributed by atoms with van der Waals surface area (Å²) in [6.45, 7) is 1.42. The van der Waals surface area contributed by atoms with Crippen molar-refractivity contribution < 1.29 is 44.4 Å². The SMILES string of the molecule is CC(=O)Sc1nc[nH]c1C[C@H](N)C(=O)O.N[C@@H](Cc1[nH]cnc1S)C(=O)O.N[C@@H](Cc1cnc[nH]1)C(=O)O.O=C(O)CCS. The number of hydrogen-bond acceptors (Lipinski definition) is 14. The minimum Gasteiger partial charge on any atom is -0.481 e. The van der Waals surface area contributed by atoms with Crippen LogP contribution in [0, 0.1) is 0 Å². The number of hydrogen-bond donors (Lipinski definition) is 12. The highest BCUT2D eigenvalue weighted by molar-refractivity contribution is 8.13. The van der Waals surface area contributed by atoms with Crippen LogP contribution in [0.2, 0.25) is 0 Å². The number of aromatic nitrogens is 6. The third-order valence-corrected chi connectivity index (χ3v) is 6.18. The van der Waals surface area contributed by atoms with E-state index in [0.717, 1.165) is 17.5 Å². The summed E-state index contributed by atoms with van der Waals surface area (Å²) in [4.78, 5) is 71.3. The van der Waals surface area contributed by atoms with Gasteiger partial charge in [0.1, 0.15) is 28.2 Å². The second-order valence-corrected chi connectivity index (χ2v) is 10.4. The maximum absolute atomic E-state index is 10.8. The van der Waals surface area contributed by atoms with E-state index in [4.69, 9.17) is 37.6 Å². The van der Waals surface area contributed by atoms with E-state index in [1.54, 1.807) is 6.20 Å². The van der Waals surface area contributed by atoms with Crippen LogP contribution in [-0.2, 0) is 43.2 Å². The Kier molecular flexibility index (Phi) is 19.8. The summed E-state index contributed by atoms with van der Waals surface area (Å²) < 4.78 is 0. The normalized spacial score (nSPS) is 12.0. The van der Waals surface area contributed by atoms with Crippen molar-refractivity contribution in [1.82, 2.24) is 29.9 Å². The zero-order valence-electron chi connectivity index (χ0n) is 23.3. The predicted molar refractivity (Wildman–Crippen MR) is 164 cm³/mol. The van der Waals surface area contributed by atoms with Gasteiger partial charge in [-0.3, -0.25) is 24.0 Å². The van der Waals surface area contributed by atoms with Crippen molar-refractivity contribution in [2.45, 2.75) is 60.8 Å². The summed E-state index contributed by atoms with van der Waals surface area (Å²) in [5, 5.41) is 34.3. The molecule has 0 saturated heterocycles. The lowest BCUT2D eigenvalue weighted by Gasteiger charge is -2.05. The van der Waals surface area contributed by atoms with Crippen LogP contribution >= 0.6 is 37.0 Å². The van der Waals surface area contributed by atoms with Crippen molar-refractivity contribution in [2.75, 3.05) is 5.75 Å². The van der Waals surface area contributed by atoms with Crippen molar-refractivity contribution in [3.8, 4) is 0 Å². The number of thiol groups is 2. The van der Waals surface area contributed by atoms with Crippen molar-refractivity contribution >= 4 is 66.0 Å². The zero-order valence-corrected chi connectivity index (χ0v) is 25.9. The van der Waals surface area contributed by atoms with Crippen LogP contribution < -0.4 is 17.2 Å². The highest BCUT2D eigenvalue weighted by atomic mass is 32.2. The number of H-pyrrole nitrogens is 3. The summed E-state index contributed by atoms with van der Waals surface area (Å²) in [7, 11) is 0. The predicted octanol–water partition coefficient (Wildman–Crippen LogP) is -0.589. The number of imidazole rings is 3. The van der Waals surface area contributed by atoms with E-state index >= 15 is 0 Å². The van der Waals surface area contributed by atoms with Gasteiger partial charge in [-0.15, -0.1) is 12.6 Å². The fraction of sp³-hybridized carbons (Fsp3) is 0.391. The van der Waals surface area contributed by atoms with E-state index in [2.05, 4.69) is 55.2 Å². The van der Waals surface area contributed by atoms with Crippen LogP contribution in [0.15, 0.2) is 35.2 Å². The molecule has 0 radical (unpaired) electrons. The van der Waals surface area contributed by atoms with Crippen molar-refractivity contribution in [2.24, 2.45) is 17.2 Å². The first-order valence-electron chi connectivity index (χ1n) is 12.3. The van der Waals surface area contributed by atoms with E-state index in [-0.39, 0.29) is 30.8 Å². The van der Waals surface area contributed by atoms with Gasteiger partial charge in [0.25, 0.3) is 0 Å². The van der Waals surface area contributed by atoms with E-state index < -0.39 is 42.0 Å². The van der Waals surface area contributed by atoms with Crippen molar-refractivity contribution in [3.63, 3.8) is 0 Å². The van der Waals surface area contributed by atoms with Gasteiger partial charge in [-0.2, -0.15) is 12.6 Å². The maximum atomic E-state index is 10.8. The average Bonchev–Trinajstić information content (AvgIpc) is 3.69. The Morgan fingerprint density at radius 1 is 0.818 bits per heavy atom. The molecule has 0 aliphatic carbocycles. The molecule has 0 aromatic carbocycles. The molecule has 21 heteroatoms. The molecule has 3 aromatic rings. The van der Waals surface area contributed by atoms with Crippen LogP contribution in [0.4, 0.5) is 0 Å². The van der Waals surface area contributed by atoms with Gasteiger partial charge in [0.2, 0.25) is 0 Å². The number of thioether (sulfide) groups is 1. The van der Waals surface area contributed by atoms with E-state index in [1.807, 2.05) is 0 Å². The van der Waals surface area contributed by atoms with Crippen LogP contribution in [0.5, 0.6) is 0 Å². The lowest BCUT2D eigenvalue weighted by molar-refractivity contribution is -0.139. The van der Waals surface area contributed by atoms with Crippen LogP contribution in [0.1, 0.15) is 30.4 Å². The lowest BCUT2D eigenvalue weighted by atomic mass is 10.2. The summed E-state index contributed by atoms with van der Waals surface area (Å²) in [5.74, 6) is -3.47. The number of nitrogens with one attached hydrogen (secondary N) is 3. The van der Waals surface area contributed by atoms with Crippen LogP contribution in [0.25, 0.3) is 0 Å². The number of rotatable bonds is 12. The third-order valence-electron chi connectivity index (χ3n) is 4.73. The monoisotopic (exact) mass is 677 g/mol. The Labute approximate surface area is 265 Å². The quantitative estimate of drug-likeness (QED) is 0.0841. The summed E-state index contributed by atoms with van der Waals surface area (Å²) in [6, 6.07) is -2.75. The molecule has 13 N–H and O–H groups in total. The molecule has 0 saturated carbocycles. The summed E-state index contributed by atoms with van der Waals surface area (Å²) in [6.07, 6.45) is 6.70. The Hall–Kier alpha value is -3.89. The second kappa shape index (κ2) is 21.7. The largest absolute Gasteiger partial charge is 0.481 e. The number of carbonyl (C=O) groups is 5. The van der Waals surface area contributed by atoms with E-state index in [9.17, 15) is 24.0 Å². The molecule has 0 amide bonds. The zero-order chi connectivity index (χ0) is 33.8. The van der Waals surface area contributed by atoms with Gasteiger partial charge < -0.3 is 52.6 Å². The number of nitrogens with two attached hydrogens (primary N) is 3. The molecule has 3 atom stereocenters.